The van der Waals surface area contributed by atoms with Gasteiger partial charge in [-0.3, -0.25) is 0 Å². The second kappa shape index (κ2) is 13.0. The monoisotopic (exact) mass is 242 g/mol. The Balaban J connectivity index is 0. The number of aliphatic hydroxyl groups excluding tert-OH is 1. The Hall–Kier alpha value is -1.09. The van der Waals surface area contributed by atoms with Crippen LogP contribution in [-0.2, 0) is 4.79 Å². The third-order valence-corrected chi connectivity index (χ3v) is 2.14. The fourth-order valence-electron chi connectivity index (χ4n) is 1.16. The van der Waals surface area contributed by atoms with Crippen LogP contribution in [0.4, 0.5) is 0 Å². The van der Waals surface area contributed by atoms with E-state index in [1.807, 2.05) is 0 Å². The summed E-state index contributed by atoms with van der Waals surface area (Å²) in [5, 5.41) is 16.5. The molecule has 0 saturated heterocycles. The normalized spacial score (nSPS) is 11.6. The quantitative estimate of drug-likeness (QED) is 0.554. The average molecular weight is 242 g/mol. The number of allylic oxidation sites excluding steroid dienone is 3. The number of carboxylic acid groups (broad SMARTS) is 1. The van der Waals surface area contributed by atoms with Crippen LogP contribution in [0.15, 0.2) is 23.8 Å². The fraction of sp³-hybridized carbons (Fsp3) is 0.643. The van der Waals surface area contributed by atoms with Gasteiger partial charge in [0.1, 0.15) is 0 Å². The van der Waals surface area contributed by atoms with Crippen molar-refractivity contribution >= 4 is 5.97 Å². The first-order valence-corrected chi connectivity index (χ1v) is 6.03. The van der Waals surface area contributed by atoms with Gasteiger partial charge in [-0.25, -0.2) is 4.79 Å². The van der Waals surface area contributed by atoms with Crippen LogP contribution in [0.1, 0.15) is 47.0 Å². The van der Waals surface area contributed by atoms with Gasteiger partial charge in [-0.15, -0.1) is 0 Å². The van der Waals surface area contributed by atoms with Gasteiger partial charge in [0, 0.05) is 12.7 Å². The summed E-state index contributed by atoms with van der Waals surface area (Å²) in [5.41, 5.74) is 1.39. The number of carbonyl (C=O) groups is 1. The summed E-state index contributed by atoms with van der Waals surface area (Å²) in [5.74, 6) is -0.229. The third kappa shape index (κ3) is 20.9. The minimum absolute atomic E-state index is 0.329. The highest BCUT2D eigenvalue weighted by Crippen LogP contribution is 2.10. The van der Waals surface area contributed by atoms with E-state index < -0.39 is 5.97 Å². The molecule has 0 aromatic heterocycles. The van der Waals surface area contributed by atoms with Crippen molar-refractivity contribution in [3.8, 4) is 0 Å². The molecule has 3 heteroatoms. The zero-order valence-electron chi connectivity index (χ0n) is 11.4. The molecule has 0 aliphatic heterocycles. The fourth-order valence-corrected chi connectivity index (χ4v) is 1.16. The van der Waals surface area contributed by atoms with E-state index in [0.29, 0.717) is 12.5 Å². The molecule has 0 aliphatic carbocycles. The number of hydrogen-bond donors (Lipinski definition) is 2. The molecule has 0 fully saturated rings. The number of carboxylic acids is 1. The van der Waals surface area contributed by atoms with E-state index in [2.05, 4.69) is 26.8 Å². The maximum Gasteiger partial charge on any atom is 0.327 e. The van der Waals surface area contributed by atoms with Crippen LogP contribution in [0.3, 0.4) is 0 Å². The van der Waals surface area contributed by atoms with Gasteiger partial charge in [-0.05, 0) is 46.0 Å². The Kier molecular flexibility index (Phi) is 14.0. The van der Waals surface area contributed by atoms with Gasteiger partial charge in [0.25, 0.3) is 0 Å². The van der Waals surface area contributed by atoms with E-state index in [9.17, 15) is 4.79 Å². The van der Waals surface area contributed by atoms with Crippen molar-refractivity contribution in [1.29, 1.82) is 0 Å². The smallest absolute Gasteiger partial charge is 0.327 e. The SMILES string of the molecule is C/C=C/C(=O)O.CC(C)=CCCC(C)CCO. The Morgan fingerprint density at radius 2 is 1.88 bits per heavy atom. The summed E-state index contributed by atoms with van der Waals surface area (Å²) >= 11 is 0. The predicted molar refractivity (Wildman–Crippen MR) is 72.0 cm³/mol. The molecule has 3 nitrogen and oxygen atoms in total. The number of rotatable bonds is 6. The van der Waals surface area contributed by atoms with Crippen molar-refractivity contribution in [1.82, 2.24) is 0 Å². The Morgan fingerprint density at radius 1 is 1.29 bits per heavy atom. The molecule has 2 N–H and O–H groups in total. The predicted octanol–water partition coefficient (Wildman–Crippen LogP) is 3.40. The molecule has 0 saturated carbocycles. The van der Waals surface area contributed by atoms with Crippen molar-refractivity contribution in [2.75, 3.05) is 6.61 Å². The van der Waals surface area contributed by atoms with Gasteiger partial charge >= 0.3 is 5.97 Å². The molecular formula is C14H26O3. The Morgan fingerprint density at radius 3 is 2.18 bits per heavy atom. The highest BCUT2D eigenvalue weighted by atomic mass is 16.4. The van der Waals surface area contributed by atoms with Crippen molar-refractivity contribution in [3.63, 3.8) is 0 Å². The van der Waals surface area contributed by atoms with E-state index in [1.54, 1.807) is 6.92 Å². The topological polar surface area (TPSA) is 57.5 Å². The minimum Gasteiger partial charge on any atom is -0.478 e. The molecule has 0 spiro atoms. The standard InChI is InChI=1S/C10H20O.C4H6O2/c1-9(2)5-4-6-10(3)7-8-11;1-2-3-4(5)6/h5,10-11H,4,6-8H2,1-3H3;2-3H,1H3,(H,5,6)/b;3-2+. The molecule has 0 rings (SSSR count). The molecule has 1 unspecified atom stereocenters. The van der Waals surface area contributed by atoms with E-state index in [1.165, 1.54) is 18.1 Å². The van der Waals surface area contributed by atoms with Gasteiger partial charge in [-0.2, -0.15) is 0 Å². The molecule has 1 atom stereocenters. The summed E-state index contributed by atoms with van der Waals surface area (Å²) in [6.07, 6.45) is 8.11. The van der Waals surface area contributed by atoms with Crippen molar-refractivity contribution in [3.05, 3.63) is 23.8 Å². The molecular weight excluding hydrogens is 216 g/mol. The lowest BCUT2D eigenvalue weighted by atomic mass is 10.0. The Labute approximate surface area is 105 Å². The number of aliphatic carboxylic acids is 1. The summed E-state index contributed by atoms with van der Waals surface area (Å²) < 4.78 is 0. The zero-order valence-corrected chi connectivity index (χ0v) is 11.4. The molecule has 100 valence electrons. The zero-order chi connectivity index (χ0) is 13.7. The first-order valence-electron chi connectivity index (χ1n) is 6.03. The number of aliphatic hydroxyl groups is 1. The van der Waals surface area contributed by atoms with Crippen LogP contribution >= 0.6 is 0 Å². The van der Waals surface area contributed by atoms with Crippen molar-refractivity contribution < 1.29 is 15.0 Å². The van der Waals surface area contributed by atoms with Crippen LogP contribution in [0.5, 0.6) is 0 Å². The molecule has 0 bridgehead atoms. The molecule has 0 heterocycles. The molecule has 0 aromatic carbocycles. The number of hydrogen-bond acceptors (Lipinski definition) is 2. The largest absolute Gasteiger partial charge is 0.478 e. The van der Waals surface area contributed by atoms with Crippen LogP contribution in [0.2, 0.25) is 0 Å². The lowest BCUT2D eigenvalue weighted by Gasteiger charge is -2.06. The van der Waals surface area contributed by atoms with E-state index in [-0.39, 0.29) is 0 Å². The second-order valence-electron chi connectivity index (χ2n) is 4.31. The first-order chi connectivity index (χ1) is 7.93. The summed E-state index contributed by atoms with van der Waals surface area (Å²) in [7, 11) is 0. The lowest BCUT2D eigenvalue weighted by molar-refractivity contribution is -0.131. The van der Waals surface area contributed by atoms with E-state index in [4.69, 9.17) is 10.2 Å². The second-order valence-corrected chi connectivity index (χ2v) is 4.31. The summed E-state index contributed by atoms with van der Waals surface area (Å²) in [4.78, 5) is 9.51. The Bertz CT molecular complexity index is 238. The van der Waals surface area contributed by atoms with Crippen LogP contribution in [0, 0.1) is 5.92 Å². The molecule has 0 radical (unpaired) electrons. The van der Waals surface area contributed by atoms with Gasteiger partial charge in [0.2, 0.25) is 0 Å². The maximum absolute atomic E-state index is 9.51. The van der Waals surface area contributed by atoms with Crippen LogP contribution < -0.4 is 0 Å². The highest BCUT2D eigenvalue weighted by Gasteiger charge is 1.98. The van der Waals surface area contributed by atoms with Gasteiger partial charge in [-0.1, -0.05) is 24.6 Å². The summed E-state index contributed by atoms with van der Waals surface area (Å²) in [6, 6.07) is 0. The molecule has 0 amide bonds. The lowest BCUT2D eigenvalue weighted by Crippen LogP contribution is -1.96. The van der Waals surface area contributed by atoms with Crippen LogP contribution in [-0.4, -0.2) is 22.8 Å². The van der Waals surface area contributed by atoms with Gasteiger partial charge in [0.05, 0.1) is 0 Å². The van der Waals surface area contributed by atoms with Gasteiger partial charge in [0.15, 0.2) is 0 Å². The van der Waals surface area contributed by atoms with Crippen molar-refractivity contribution in [2.45, 2.75) is 47.0 Å². The maximum atomic E-state index is 9.51. The third-order valence-electron chi connectivity index (χ3n) is 2.14. The van der Waals surface area contributed by atoms with E-state index >= 15 is 0 Å². The minimum atomic E-state index is -0.891. The van der Waals surface area contributed by atoms with Crippen molar-refractivity contribution in [2.24, 2.45) is 5.92 Å². The molecule has 17 heavy (non-hydrogen) atoms. The van der Waals surface area contributed by atoms with Crippen LogP contribution in [0.25, 0.3) is 0 Å². The van der Waals surface area contributed by atoms with E-state index in [0.717, 1.165) is 18.9 Å². The summed E-state index contributed by atoms with van der Waals surface area (Å²) in [6.45, 7) is 8.42. The molecule has 0 aromatic rings. The van der Waals surface area contributed by atoms with Gasteiger partial charge < -0.3 is 10.2 Å². The first kappa shape index (κ1) is 18.3. The highest BCUT2D eigenvalue weighted by molar-refractivity contribution is 5.79. The molecule has 0 aliphatic rings. The average Bonchev–Trinajstić information content (AvgIpc) is 2.18.